The van der Waals surface area contributed by atoms with Crippen LogP contribution in [-0.2, 0) is 6.54 Å². The first-order valence-corrected chi connectivity index (χ1v) is 5.37. The van der Waals surface area contributed by atoms with E-state index in [4.69, 9.17) is 6.42 Å². The highest BCUT2D eigenvalue weighted by atomic mass is 16.1. The molecule has 0 spiro atoms. The lowest BCUT2D eigenvalue weighted by molar-refractivity contribution is 0.103. The number of benzene rings is 1. The van der Waals surface area contributed by atoms with Crippen molar-refractivity contribution in [2.45, 2.75) is 13.5 Å². The summed E-state index contributed by atoms with van der Waals surface area (Å²) in [5, 5.41) is 0. The van der Waals surface area contributed by atoms with E-state index in [-0.39, 0.29) is 5.78 Å². The molecule has 0 fully saturated rings. The third-order valence-electron chi connectivity index (χ3n) is 2.60. The zero-order valence-corrected chi connectivity index (χ0v) is 9.55. The van der Waals surface area contributed by atoms with Gasteiger partial charge >= 0.3 is 0 Å². The van der Waals surface area contributed by atoms with E-state index in [1.54, 1.807) is 36.8 Å². The van der Waals surface area contributed by atoms with Crippen molar-refractivity contribution in [1.82, 2.24) is 9.55 Å². The van der Waals surface area contributed by atoms with Gasteiger partial charge in [0.2, 0.25) is 5.78 Å². The van der Waals surface area contributed by atoms with Crippen LogP contribution in [0.1, 0.15) is 28.5 Å². The fourth-order valence-electron chi connectivity index (χ4n) is 1.63. The lowest BCUT2D eigenvalue weighted by Gasteiger charge is -2.04. The molecule has 3 nitrogen and oxygen atoms in total. The average Bonchev–Trinajstić information content (AvgIpc) is 2.86. The molecule has 1 aromatic carbocycles. The van der Waals surface area contributed by atoms with Gasteiger partial charge in [-0.25, -0.2) is 4.98 Å². The molecule has 0 saturated heterocycles. The molecular weight excluding hydrogens is 212 g/mol. The van der Waals surface area contributed by atoms with Crippen molar-refractivity contribution in [2.24, 2.45) is 0 Å². The van der Waals surface area contributed by atoms with E-state index < -0.39 is 0 Å². The summed E-state index contributed by atoms with van der Waals surface area (Å²) in [7, 11) is 0. The highest BCUT2D eigenvalue weighted by Crippen LogP contribution is 2.10. The van der Waals surface area contributed by atoms with Gasteiger partial charge in [0.05, 0.1) is 12.5 Å². The van der Waals surface area contributed by atoms with Crippen LogP contribution in [0, 0.1) is 12.3 Å². The Labute approximate surface area is 100 Å². The van der Waals surface area contributed by atoms with Crippen LogP contribution in [0.25, 0.3) is 0 Å². The topological polar surface area (TPSA) is 34.9 Å². The van der Waals surface area contributed by atoms with Crippen LogP contribution in [0.15, 0.2) is 36.8 Å². The van der Waals surface area contributed by atoms with E-state index in [2.05, 4.69) is 10.9 Å². The van der Waals surface area contributed by atoms with Crippen LogP contribution in [0.4, 0.5) is 0 Å². The van der Waals surface area contributed by atoms with Gasteiger partial charge in [-0.1, -0.05) is 5.92 Å². The zero-order valence-electron chi connectivity index (χ0n) is 9.55. The number of carbonyl (C=O) groups excluding carboxylic acids is 1. The van der Waals surface area contributed by atoms with Crippen LogP contribution in [0.2, 0.25) is 0 Å². The van der Waals surface area contributed by atoms with Crippen molar-refractivity contribution in [3.05, 3.63) is 53.6 Å². The number of rotatable bonds is 3. The van der Waals surface area contributed by atoms with Gasteiger partial charge in [0.15, 0.2) is 0 Å². The van der Waals surface area contributed by atoms with E-state index in [0.29, 0.717) is 11.3 Å². The molecule has 0 atom stereocenters. The summed E-state index contributed by atoms with van der Waals surface area (Å²) < 4.78 is 1.82. The highest BCUT2D eigenvalue weighted by Gasteiger charge is 2.12. The van der Waals surface area contributed by atoms with E-state index in [1.165, 1.54) is 0 Å². The molecule has 3 heteroatoms. The monoisotopic (exact) mass is 224 g/mol. The van der Waals surface area contributed by atoms with Crippen LogP contribution in [0.5, 0.6) is 0 Å². The maximum Gasteiger partial charge on any atom is 0.211 e. The Morgan fingerprint density at radius 3 is 2.71 bits per heavy atom. The van der Waals surface area contributed by atoms with Crippen LogP contribution in [0.3, 0.4) is 0 Å². The molecule has 0 N–H and O–H groups in total. The Bertz CT molecular complexity index is 573. The minimum atomic E-state index is -0.0343. The minimum absolute atomic E-state index is 0.0343. The highest BCUT2D eigenvalue weighted by molar-refractivity contribution is 6.07. The van der Waals surface area contributed by atoms with Crippen LogP contribution < -0.4 is 0 Å². The lowest BCUT2D eigenvalue weighted by atomic mass is 10.1. The first kappa shape index (κ1) is 11.2. The van der Waals surface area contributed by atoms with Gasteiger partial charge in [-0.3, -0.25) is 4.79 Å². The van der Waals surface area contributed by atoms with Crippen molar-refractivity contribution >= 4 is 5.78 Å². The number of carbonyl (C=O) groups is 1. The number of hydrogen-bond acceptors (Lipinski definition) is 2. The molecule has 0 bridgehead atoms. The van der Waals surface area contributed by atoms with Crippen molar-refractivity contribution in [2.75, 3.05) is 0 Å². The summed E-state index contributed by atoms with van der Waals surface area (Å²) in [6.07, 6.45) is 8.51. The molecule has 0 aliphatic heterocycles. The molecule has 1 aromatic heterocycles. The maximum atomic E-state index is 12.2. The number of ketones is 1. The number of terminal acetylenes is 1. The summed E-state index contributed by atoms with van der Waals surface area (Å²) in [5.41, 5.74) is 1.99. The normalized spacial score (nSPS) is 9.88. The van der Waals surface area contributed by atoms with Gasteiger partial charge in [-0.05, 0) is 31.2 Å². The SMILES string of the molecule is C#Cc1ccc(C(=O)c2cncn2CC)cc1. The summed E-state index contributed by atoms with van der Waals surface area (Å²) in [6, 6.07) is 7.01. The predicted octanol–water partition coefficient (Wildman–Crippen LogP) is 2.12. The van der Waals surface area contributed by atoms with Crippen LogP contribution >= 0.6 is 0 Å². The molecule has 84 valence electrons. The van der Waals surface area contributed by atoms with Gasteiger partial charge in [0.1, 0.15) is 5.69 Å². The molecule has 2 rings (SSSR count). The lowest BCUT2D eigenvalue weighted by Crippen LogP contribution is -2.08. The Hall–Kier alpha value is -2.34. The fourth-order valence-corrected chi connectivity index (χ4v) is 1.63. The Kier molecular flexibility index (Phi) is 3.06. The zero-order chi connectivity index (χ0) is 12.3. The largest absolute Gasteiger partial charge is 0.328 e. The number of hydrogen-bond donors (Lipinski definition) is 0. The molecule has 17 heavy (non-hydrogen) atoms. The number of aryl methyl sites for hydroxylation is 1. The van der Waals surface area contributed by atoms with Gasteiger partial charge in [-0.2, -0.15) is 0 Å². The smallest absolute Gasteiger partial charge is 0.211 e. The molecule has 1 heterocycles. The van der Waals surface area contributed by atoms with Gasteiger partial charge in [-0.15, -0.1) is 6.42 Å². The average molecular weight is 224 g/mol. The third-order valence-corrected chi connectivity index (χ3v) is 2.60. The molecular formula is C14H12N2O. The van der Waals surface area contributed by atoms with Gasteiger partial charge in [0.25, 0.3) is 0 Å². The van der Waals surface area contributed by atoms with E-state index in [0.717, 1.165) is 12.1 Å². The van der Waals surface area contributed by atoms with Crippen molar-refractivity contribution in [1.29, 1.82) is 0 Å². The molecule has 0 aliphatic carbocycles. The van der Waals surface area contributed by atoms with Crippen molar-refractivity contribution in [3.8, 4) is 12.3 Å². The van der Waals surface area contributed by atoms with E-state index >= 15 is 0 Å². The van der Waals surface area contributed by atoms with Crippen LogP contribution in [-0.4, -0.2) is 15.3 Å². The molecule has 2 aromatic rings. The summed E-state index contributed by atoms with van der Waals surface area (Å²) in [4.78, 5) is 16.2. The van der Waals surface area contributed by atoms with E-state index in [1.807, 2.05) is 11.5 Å². The van der Waals surface area contributed by atoms with Gasteiger partial charge < -0.3 is 4.57 Å². The summed E-state index contributed by atoms with van der Waals surface area (Å²) >= 11 is 0. The second kappa shape index (κ2) is 4.67. The number of imidazole rings is 1. The fraction of sp³-hybridized carbons (Fsp3) is 0.143. The summed E-state index contributed by atoms with van der Waals surface area (Å²) in [6.45, 7) is 2.70. The molecule has 0 radical (unpaired) electrons. The van der Waals surface area contributed by atoms with Gasteiger partial charge in [0, 0.05) is 17.7 Å². The maximum absolute atomic E-state index is 12.2. The molecule has 0 unspecified atom stereocenters. The quantitative estimate of drug-likeness (QED) is 0.591. The second-order valence-corrected chi connectivity index (χ2v) is 3.62. The third kappa shape index (κ3) is 2.11. The standard InChI is InChI=1S/C14H12N2O/c1-3-11-5-7-12(8-6-11)14(17)13-9-15-10-16(13)4-2/h1,5-10H,4H2,2H3. The first-order valence-electron chi connectivity index (χ1n) is 5.37. The number of aromatic nitrogens is 2. The Morgan fingerprint density at radius 1 is 1.41 bits per heavy atom. The Morgan fingerprint density at radius 2 is 2.12 bits per heavy atom. The van der Waals surface area contributed by atoms with E-state index in [9.17, 15) is 4.79 Å². The second-order valence-electron chi connectivity index (χ2n) is 3.62. The number of nitrogens with zero attached hydrogens (tertiary/aromatic N) is 2. The predicted molar refractivity (Wildman–Crippen MR) is 65.7 cm³/mol. The minimum Gasteiger partial charge on any atom is -0.328 e. The molecule has 0 amide bonds. The Balaban J connectivity index is 2.34. The van der Waals surface area contributed by atoms with Crippen molar-refractivity contribution < 1.29 is 4.79 Å². The molecule has 0 aliphatic rings. The first-order chi connectivity index (χ1) is 8.26. The summed E-state index contributed by atoms with van der Waals surface area (Å²) in [5.74, 6) is 2.49. The molecule has 0 saturated carbocycles. The van der Waals surface area contributed by atoms with Crippen molar-refractivity contribution in [3.63, 3.8) is 0 Å².